The highest BCUT2D eigenvalue weighted by molar-refractivity contribution is 5.81. The first-order chi connectivity index (χ1) is 6.33. The Morgan fingerprint density at radius 1 is 1.54 bits per heavy atom. The van der Waals surface area contributed by atoms with Crippen molar-refractivity contribution in [2.24, 2.45) is 5.73 Å². The minimum Gasteiger partial charge on any atom is -0.327 e. The number of fused-ring (bicyclic) bond motifs is 1. The van der Waals surface area contributed by atoms with Crippen molar-refractivity contribution in [3.63, 3.8) is 0 Å². The molecule has 0 aliphatic carbocycles. The van der Waals surface area contributed by atoms with Crippen molar-refractivity contribution in [2.75, 3.05) is 6.54 Å². The monoisotopic (exact) mass is 179 g/mol. The van der Waals surface area contributed by atoms with Crippen molar-refractivity contribution in [1.29, 1.82) is 0 Å². The van der Waals surface area contributed by atoms with Gasteiger partial charge in [-0.05, 0) is 0 Å². The van der Waals surface area contributed by atoms with Crippen molar-refractivity contribution in [3.05, 3.63) is 30.0 Å². The van der Waals surface area contributed by atoms with Gasteiger partial charge in [0.15, 0.2) is 0 Å². The highest BCUT2D eigenvalue weighted by Gasteiger charge is 2.11. The number of aromatic nitrogens is 2. The molecule has 13 heavy (non-hydrogen) atoms. The van der Waals surface area contributed by atoms with Crippen LogP contribution in [0.1, 0.15) is 11.7 Å². The Labute approximate surface area is 74.7 Å². The SMILES string of the molecule is NCC(F)c1cccc2cn[nH]c12. The standard InChI is InChI=1S/C9H10FN3/c10-8(4-11)7-3-1-2-6-5-12-13-9(6)7/h1-3,5,8H,4,11H2,(H,12,13). The predicted octanol–water partition coefficient (Wildman–Crippen LogP) is 1.53. The third-order valence-electron chi connectivity index (χ3n) is 2.05. The highest BCUT2D eigenvalue weighted by atomic mass is 19.1. The van der Waals surface area contributed by atoms with Crippen molar-refractivity contribution >= 4 is 10.9 Å². The molecule has 0 radical (unpaired) electrons. The number of nitrogens with zero attached hydrogens (tertiary/aromatic N) is 1. The van der Waals surface area contributed by atoms with Crippen LogP contribution in [0.25, 0.3) is 10.9 Å². The van der Waals surface area contributed by atoms with E-state index in [1.54, 1.807) is 18.3 Å². The van der Waals surface area contributed by atoms with Crippen LogP contribution in [0, 0.1) is 0 Å². The van der Waals surface area contributed by atoms with Crippen LogP contribution in [0.4, 0.5) is 4.39 Å². The molecule has 1 unspecified atom stereocenters. The molecular formula is C9H10FN3. The second-order valence-corrected chi connectivity index (χ2v) is 2.88. The van der Waals surface area contributed by atoms with Gasteiger partial charge < -0.3 is 5.73 Å². The number of alkyl halides is 1. The summed E-state index contributed by atoms with van der Waals surface area (Å²) in [7, 11) is 0. The molecule has 0 amide bonds. The van der Waals surface area contributed by atoms with E-state index in [1.165, 1.54) is 0 Å². The molecule has 0 aliphatic heterocycles. The topological polar surface area (TPSA) is 54.7 Å². The third-order valence-corrected chi connectivity index (χ3v) is 2.05. The molecule has 2 rings (SSSR count). The van der Waals surface area contributed by atoms with Crippen molar-refractivity contribution < 1.29 is 4.39 Å². The van der Waals surface area contributed by atoms with Gasteiger partial charge in [0.1, 0.15) is 6.17 Å². The first-order valence-electron chi connectivity index (χ1n) is 4.09. The number of benzene rings is 1. The fourth-order valence-corrected chi connectivity index (χ4v) is 1.38. The van der Waals surface area contributed by atoms with E-state index in [4.69, 9.17) is 5.73 Å². The Morgan fingerprint density at radius 2 is 2.38 bits per heavy atom. The van der Waals surface area contributed by atoms with Gasteiger partial charge in [0, 0.05) is 17.5 Å². The maximum absolute atomic E-state index is 13.3. The van der Waals surface area contributed by atoms with Crippen molar-refractivity contribution in [1.82, 2.24) is 10.2 Å². The Morgan fingerprint density at radius 3 is 3.15 bits per heavy atom. The number of H-pyrrole nitrogens is 1. The first kappa shape index (κ1) is 8.19. The van der Waals surface area contributed by atoms with Crippen LogP contribution in [0.3, 0.4) is 0 Å². The Hall–Kier alpha value is -1.42. The number of nitrogens with one attached hydrogen (secondary N) is 1. The summed E-state index contributed by atoms with van der Waals surface area (Å²) < 4.78 is 13.3. The van der Waals surface area contributed by atoms with E-state index in [1.807, 2.05) is 6.07 Å². The van der Waals surface area contributed by atoms with Gasteiger partial charge in [-0.15, -0.1) is 0 Å². The molecule has 0 fully saturated rings. The molecule has 1 heterocycles. The number of hydrogen-bond donors (Lipinski definition) is 2. The summed E-state index contributed by atoms with van der Waals surface area (Å²) in [6, 6.07) is 5.40. The van der Waals surface area contributed by atoms with E-state index in [0.717, 1.165) is 10.9 Å². The minimum absolute atomic E-state index is 0.00185. The highest BCUT2D eigenvalue weighted by Crippen LogP contribution is 2.23. The van der Waals surface area contributed by atoms with E-state index in [-0.39, 0.29) is 6.54 Å². The zero-order valence-corrected chi connectivity index (χ0v) is 7.00. The molecule has 1 aromatic carbocycles. The van der Waals surface area contributed by atoms with Crippen LogP contribution < -0.4 is 5.73 Å². The number of rotatable bonds is 2. The molecule has 0 saturated heterocycles. The smallest absolute Gasteiger partial charge is 0.139 e. The van der Waals surface area contributed by atoms with Gasteiger partial charge in [-0.25, -0.2) is 4.39 Å². The molecule has 0 aliphatic rings. The van der Waals surface area contributed by atoms with Crippen LogP contribution in [-0.2, 0) is 0 Å². The predicted molar refractivity (Wildman–Crippen MR) is 49.0 cm³/mol. The average Bonchev–Trinajstić information content (AvgIpc) is 2.63. The van der Waals surface area contributed by atoms with E-state index < -0.39 is 6.17 Å². The van der Waals surface area contributed by atoms with E-state index >= 15 is 0 Å². The zero-order chi connectivity index (χ0) is 9.26. The first-order valence-corrected chi connectivity index (χ1v) is 4.09. The van der Waals surface area contributed by atoms with Crippen LogP contribution >= 0.6 is 0 Å². The average molecular weight is 179 g/mol. The number of para-hydroxylation sites is 1. The largest absolute Gasteiger partial charge is 0.327 e. The lowest BCUT2D eigenvalue weighted by Gasteiger charge is -2.05. The van der Waals surface area contributed by atoms with Gasteiger partial charge in [-0.1, -0.05) is 18.2 Å². The van der Waals surface area contributed by atoms with Gasteiger partial charge in [0.25, 0.3) is 0 Å². The van der Waals surface area contributed by atoms with Crippen molar-refractivity contribution in [2.45, 2.75) is 6.17 Å². The number of aromatic amines is 1. The quantitative estimate of drug-likeness (QED) is 0.734. The number of hydrogen-bond acceptors (Lipinski definition) is 2. The lowest BCUT2D eigenvalue weighted by molar-refractivity contribution is 0.355. The summed E-state index contributed by atoms with van der Waals surface area (Å²) in [6.07, 6.45) is 0.548. The molecule has 4 heteroatoms. The molecule has 3 nitrogen and oxygen atoms in total. The Kier molecular flexibility index (Phi) is 1.98. The summed E-state index contributed by atoms with van der Waals surface area (Å²) in [6.45, 7) is -0.00185. The number of nitrogens with two attached hydrogens (primary N) is 1. The molecule has 1 aromatic heterocycles. The maximum atomic E-state index is 13.3. The fourth-order valence-electron chi connectivity index (χ4n) is 1.38. The minimum atomic E-state index is -1.12. The molecule has 2 aromatic rings. The summed E-state index contributed by atoms with van der Waals surface area (Å²) in [4.78, 5) is 0. The van der Waals surface area contributed by atoms with Crippen LogP contribution in [0.2, 0.25) is 0 Å². The van der Waals surface area contributed by atoms with Crippen molar-refractivity contribution in [3.8, 4) is 0 Å². The molecule has 0 saturated carbocycles. The second-order valence-electron chi connectivity index (χ2n) is 2.88. The van der Waals surface area contributed by atoms with Crippen LogP contribution in [0.5, 0.6) is 0 Å². The molecule has 68 valence electrons. The van der Waals surface area contributed by atoms with Gasteiger partial charge >= 0.3 is 0 Å². The lowest BCUT2D eigenvalue weighted by Crippen LogP contribution is -2.07. The molecule has 3 N–H and O–H groups in total. The molecular weight excluding hydrogens is 169 g/mol. The number of halogens is 1. The molecule has 0 spiro atoms. The Bertz CT molecular complexity index is 410. The van der Waals surface area contributed by atoms with E-state index in [9.17, 15) is 4.39 Å². The second kappa shape index (κ2) is 3.14. The van der Waals surface area contributed by atoms with Crippen LogP contribution in [0.15, 0.2) is 24.4 Å². The fraction of sp³-hybridized carbons (Fsp3) is 0.222. The summed E-state index contributed by atoms with van der Waals surface area (Å²) in [5.74, 6) is 0. The van der Waals surface area contributed by atoms with Crippen LogP contribution in [-0.4, -0.2) is 16.7 Å². The summed E-state index contributed by atoms with van der Waals surface area (Å²) in [5.41, 5.74) is 6.57. The van der Waals surface area contributed by atoms with Gasteiger partial charge in [-0.2, -0.15) is 5.10 Å². The normalized spacial score (nSPS) is 13.4. The van der Waals surface area contributed by atoms with Gasteiger partial charge in [0.05, 0.1) is 11.7 Å². The lowest BCUT2D eigenvalue weighted by atomic mass is 10.1. The maximum Gasteiger partial charge on any atom is 0.139 e. The Balaban J connectivity index is 2.60. The third kappa shape index (κ3) is 1.29. The van der Waals surface area contributed by atoms with E-state index in [2.05, 4.69) is 10.2 Å². The molecule has 0 bridgehead atoms. The summed E-state index contributed by atoms with van der Waals surface area (Å²) >= 11 is 0. The zero-order valence-electron chi connectivity index (χ0n) is 7.00. The van der Waals surface area contributed by atoms with E-state index in [0.29, 0.717) is 5.56 Å². The summed E-state index contributed by atoms with van der Waals surface area (Å²) in [5, 5.41) is 7.51. The molecule has 1 atom stereocenters. The van der Waals surface area contributed by atoms with Gasteiger partial charge in [0.2, 0.25) is 0 Å². The van der Waals surface area contributed by atoms with Gasteiger partial charge in [-0.3, -0.25) is 5.10 Å².